The van der Waals surface area contributed by atoms with Crippen molar-refractivity contribution >= 4 is 16.9 Å². The molecule has 6 nitrogen and oxygen atoms in total. The predicted molar refractivity (Wildman–Crippen MR) is 125 cm³/mol. The largest absolute Gasteiger partial charge is 0.349 e. The first-order valence-corrected chi connectivity index (χ1v) is 11.4. The fraction of sp³-hybridized carbons (Fsp3) is 0.269. The van der Waals surface area contributed by atoms with Crippen molar-refractivity contribution in [2.24, 2.45) is 0 Å². The maximum absolute atomic E-state index is 13.5. The third kappa shape index (κ3) is 4.35. The fourth-order valence-electron chi connectivity index (χ4n) is 4.80. The van der Waals surface area contributed by atoms with Crippen molar-refractivity contribution in [1.29, 1.82) is 0 Å². The van der Waals surface area contributed by atoms with Crippen molar-refractivity contribution in [3.05, 3.63) is 99.7 Å². The second-order valence-corrected chi connectivity index (χ2v) is 8.77. The van der Waals surface area contributed by atoms with E-state index in [9.17, 15) is 18.4 Å². The van der Waals surface area contributed by atoms with Crippen molar-refractivity contribution < 1.29 is 13.6 Å². The van der Waals surface area contributed by atoms with E-state index in [1.165, 1.54) is 28.5 Å². The zero-order valence-electron chi connectivity index (χ0n) is 18.4. The standard InChI is InChI=1S/C26H24F2N4O2/c27-22-10-5-16(13-23(22)28)15-32-12-2-4-20(26(32)34)25(33)31-18-8-6-17(7-9-18)21-14-30-24-19(21)3-1-11-29-24/h1-5,10-14,17-18H,6-9,15H2,(H,29,30)(H,31,33)/t17-,18-. The number of aromatic amines is 1. The van der Waals surface area contributed by atoms with E-state index in [1.807, 2.05) is 12.3 Å². The molecular weight excluding hydrogens is 438 g/mol. The van der Waals surface area contributed by atoms with E-state index in [1.54, 1.807) is 12.3 Å². The van der Waals surface area contributed by atoms with Gasteiger partial charge in [-0.1, -0.05) is 6.07 Å². The number of nitrogens with one attached hydrogen (secondary N) is 2. The summed E-state index contributed by atoms with van der Waals surface area (Å²) in [5, 5.41) is 4.14. The molecule has 1 aliphatic rings. The van der Waals surface area contributed by atoms with E-state index in [-0.39, 0.29) is 18.2 Å². The van der Waals surface area contributed by atoms with Gasteiger partial charge in [0.15, 0.2) is 11.6 Å². The van der Waals surface area contributed by atoms with Gasteiger partial charge in [-0.15, -0.1) is 0 Å². The smallest absolute Gasteiger partial charge is 0.263 e. The number of carbonyl (C=O) groups excluding carboxylic acids is 1. The molecular formula is C26H24F2N4O2. The van der Waals surface area contributed by atoms with Crippen molar-refractivity contribution in [2.75, 3.05) is 0 Å². The van der Waals surface area contributed by atoms with E-state index in [0.29, 0.717) is 11.5 Å². The average Bonchev–Trinajstić information content (AvgIpc) is 3.27. The molecule has 0 unspecified atom stereocenters. The Labute approximate surface area is 194 Å². The molecule has 34 heavy (non-hydrogen) atoms. The Balaban J connectivity index is 1.24. The predicted octanol–water partition coefficient (Wildman–Crippen LogP) is 4.51. The highest BCUT2D eigenvalue weighted by molar-refractivity contribution is 5.94. The van der Waals surface area contributed by atoms with Gasteiger partial charge in [-0.25, -0.2) is 13.8 Å². The van der Waals surface area contributed by atoms with E-state index in [0.717, 1.165) is 48.8 Å². The molecule has 0 saturated heterocycles. The third-order valence-electron chi connectivity index (χ3n) is 6.59. The maximum atomic E-state index is 13.5. The van der Waals surface area contributed by atoms with E-state index in [2.05, 4.69) is 21.4 Å². The Morgan fingerprint density at radius 1 is 1.09 bits per heavy atom. The summed E-state index contributed by atoms with van der Waals surface area (Å²) in [4.78, 5) is 33.3. The van der Waals surface area contributed by atoms with Crippen LogP contribution in [-0.2, 0) is 6.54 Å². The fourth-order valence-corrected chi connectivity index (χ4v) is 4.80. The lowest BCUT2D eigenvalue weighted by atomic mass is 9.81. The molecule has 3 aromatic heterocycles. The molecule has 0 atom stereocenters. The van der Waals surface area contributed by atoms with Gasteiger partial charge in [0.25, 0.3) is 11.5 Å². The van der Waals surface area contributed by atoms with Gasteiger partial charge < -0.3 is 14.9 Å². The summed E-state index contributed by atoms with van der Waals surface area (Å²) in [5.74, 6) is -1.93. The molecule has 0 bridgehead atoms. The summed E-state index contributed by atoms with van der Waals surface area (Å²) in [6.45, 7) is 0.0434. The van der Waals surface area contributed by atoms with Gasteiger partial charge in [0.05, 0.1) is 6.54 Å². The van der Waals surface area contributed by atoms with Crippen molar-refractivity contribution in [3.8, 4) is 0 Å². The molecule has 2 N–H and O–H groups in total. The summed E-state index contributed by atoms with van der Waals surface area (Å²) in [6, 6.07) is 10.6. The molecule has 1 fully saturated rings. The van der Waals surface area contributed by atoms with E-state index < -0.39 is 23.1 Å². The highest BCUT2D eigenvalue weighted by Gasteiger charge is 2.26. The van der Waals surface area contributed by atoms with Gasteiger partial charge in [-0.2, -0.15) is 0 Å². The average molecular weight is 463 g/mol. The van der Waals surface area contributed by atoms with Crippen LogP contribution in [0.1, 0.15) is 53.1 Å². The van der Waals surface area contributed by atoms with E-state index in [4.69, 9.17) is 0 Å². The SMILES string of the molecule is O=C(N[C@H]1CC[C@H](c2c[nH]c3ncccc32)CC1)c1cccn(Cc2ccc(F)c(F)c2)c1=O. The Kier molecular flexibility index (Phi) is 5.96. The normalized spacial score (nSPS) is 18.2. The quantitative estimate of drug-likeness (QED) is 0.458. The topological polar surface area (TPSA) is 79.8 Å². The van der Waals surface area contributed by atoms with Crippen LogP contribution in [-0.4, -0.2) is 26.5 Å². The molecule has 0 aliphatic heterocycles. The number of halogens is 2. The number of hydrogen-bond donors (Lipinski definition) is 2. The van der Waals surface area contributed by atoms with Crippen LogP contribution in [0.25, 0.3) is 11.0 Å². The molecule has 0 radical (unpaired) electrons. The molecule has 1 amide bonds. The van der Waals surface area contributed by atoms with Crippen molar-refractivity contribution in [3.63, 3.8) is 0 Å². The van der Waals surface area contributed by atoms with Crippen LogP contribution >= 0.6 is 0 Å². The number of aromatic nitrogens is 3. The summed E-state index contributed by atoms with van der Waals surface area (Å²) >= 11 is 0. The minimum atomic E-state index is -0.973. The van der Waals surface area contributed by atoms with Crippen LogP contribution in [0.15, 0.2) is 65.8 Å². The summed E-state index contributed by atoms with van der Waals surface area (Å²) in [5.41, 5.74) is 2.15. The van der Waals surface area contributed by atoms with Crippen molar-refractivity contribution in [2.45, 2.75) is 44.2 Å². The van der Waals surface area contributed by atoms with Crippen LogP contribution in [0.2, 0.25) is 0 Å². The summed E-state index contributed by atoms with van der Waals surface area (Å²) in [7, 11) is 0. The number of amides is 1. The van der Waals surface area contributed by atoms with Gasteiger partial charge in [-0.3, -0.25) is 9.59 Å². The first-order chi connectivity index (χ1) is 16.5. The number of hydrogen-bond acceptors (Lipinski definition) is 3. The molecule has 8 heteroatoms. The Bertz CT molecular complexity index is 1400. The van der Waals surface area contributed by atoms with Gasteiger partial charge in [0.1, 0.15) is 11.2 Å². The molecule has 1 saturated carbocycles. The molecule has 4 aromatic rings. The van der Waals surface area contributed by atoms with Crippen LogP contribution in [0, 0.1) is 11.6 Å². The number of H-pyrrole nitrogens is 1. The minimum Gasteiger partial charge on any atom is -0.349 e. The second-order valence-electron chi connectivity index (χ2n) is 8.77. The van der Waals surface area contributed by atoms with E-state index >= 15 is 0 Å². The maximum Gasteiger partial charge on any atom is 0.263 e. The highest BCUT2D eigenvalue weighted by atomic mass is 19.2. The molecule has 0 spiro atoms. The number of benzene rings is 1. The Hall–Kier alpha value is -3.81. The molecule has 5 rings (SSSR count). The monoisotopic (exact) mass is 462 g/mol. The van der Waals surface area contributed by atoms with Gasteiger partial charge in [-0.05, 0) is 79.1 Å². The zero-order chi connectivity index (χ0) is 23.7. The highest BCUT2D eigenvalue weighted by Crippen LogP contribution is 2.36. The van der Waals surface area contributed by atoms with Crippen molar-refractivity contribution in [1.82, 2.24) is 19.9 Å². The van der Waals surface area contributed by atoms with Crippen LogP contribution in [0.3, 0.4) is 0 Å². The molecule has 174 valence electrons. The van der Waals surface area contributed by atoms with Gasteiger partial charge in [0.2, 0.25) is 0 Å². The molecule has 3 heterocycles. The molecule has 1 aromatic carbocycles. The number of fused-ring (bicyclic) bond motifs is 1. The minimum absolute atomic E-state index is 0.00803. The van der Waals surface area contributed by atoms with Crippen LogP contribution in [0.5, 0.6) is 0 Å². The third-order valence-corrected chi connectivity index (χ3v) is 6.59. The van der Waals surface area contributed by atoms with Crippen LogP contribution < -0.4 is 10.9 Å². The lowest BCUT2D eigenvalue weighted by molar-refractivity contribution is 0.0923. The lowest BCUT2D eigenvalue weighted by Gasteiger charge is -2.29. The summed E-state index contributed by atoms with van der Waals surface area (Å²) in [6.07, 6.45) is 8.83. The first-order valence-electron chi connectivity index (χ1n) is 11.4. The first kappa shape index (κ1) is 22.0. The Morgan fingerprint density at radius 2 is 1.91 bits per heavy atom. The second kappa shape index (κ2) is 9.21. The zero-order valence-corrected chi connectivity index (χ0v) is 18.4. The summed E-state index contributed by atoms with van der Waals surface area (Å²) < 4.78 is 28.0. The van der Waals surface area contributed by atoms with Crippen LogP contribution in [0.4, 0.5) is 8.78 Å². The lowest BCUT2D eigenvalue weighted by Crippen LogP contribution is -2.40. The molecule has 1 aliphatic carbocycles. The van der Waals surface area contributed by atoms with Gasteiger partial charge in [0, 0.05) is 30.0 Å². The number of nitrogens with zero attached hydrogens (tertiary/aromatic N) is 2. The Morgan fingerprint density at radius 3 is 2.71 bits per heavy atom. The number of rotatable bonds is 5. The number of pyridine rings is 2. The van der Waals surface area contributed by atoms with Gasteiger partial charge >= 0.3 is 0 Å². The number of carbonyl (C=O) groups is 1.